The number of benzene rings is 2. The van der Waals surface area contributed by atoms with Crippen molar-refractivity contribution in [2.75, 3.05) is 13.1 Å². The van der Waals surface area contributed by atoms with Crippen LogP contribution in [-0.4, -0.2) is 24.1 Å². The van der Waals surface area contributed by atoms with Crippen molar-refractivity contribution >= 4 is 28.1 Å². The lowest BCUT2D eigenvalue weighted by atomic mass is 10.0. The minimum Gasteiger partial charge on any atom is -0.445 e. The van der Waals surface area contributed by atoms with Gasteiger partial charge in [0.05, 0.1) is 0 Å². The predicted octanol–water partition coefficient (Wildman–Crippen LogP) is 4.48. The topological polar surface area (TPSA) is 29.5 Å². The van der Waals surface area contributed by atoms with Crippen LogP contribution in [0.5, 0.6) is 0 Å². The molecule has 0 spiro atoms. The molecule has 1 fully saturated rings. The molecule has 1 amide bonds. The zero-order valence-electron chi connectivity index (χ0n) is 12.0. The number of halogens is 1. The first-order valence-corrected chi connectivity index (χ1v) is 7.91. The molecule has 0 aliphatic carbocycles. The summed E-state index contributed by atoms with van der Waals surface area (Å²) in [6.45, 7) is 1.60. The molecular formula is C18H16BrNO2. The van der Waals surface area contributed by atoms with Gasteiger partial charge in [-0.15, -0.1) is 0 Å². The summed E-state index contributed by atoms with van der Waals surface area (Å²) in [4.78, 5) is 13.6. The molecule has 22 heavy (non-hydrogen) atoms. The third-order valence-corrected chi connectivity index (χ3v) is 3.96. The van der Waals surface area contributed by atoms with Crippen molar-refractivity contribution in [2.24, 2.45) is 0 Å². The summed E-state index contributed by atoms with van der Waals surface area (Å²) in [6, 6.07) is 17.8. The highest BCUT2D eigenvalue weighted by molar-refractivity contribution is 9.10. The normalized spacial score (nSPS) is 13.5. The van der Waals surface area contributed by atoms with Crippen molar-refractivity contribution in [1.29, 1.82) is 0 Å². The van der Waals surface area contributed by atoms with Gasteiger partial charge in [-0.05, 0) is 28.8 Å². The van der Waals surface area contributed by atoms with Gasteiger partial charge < -0.3 is 9.64 Å². The maximum atomic E-state index is 11.9. The largest absolute Gasteiger partial charge is 0.445 e. The van der Waals surface area contributed by atoms with Crippen molar-refractivity contribution in [3.05, 3.63) is 75.8 Å². The van der Waals surface area contributed by atoms with Crippen molar-refractivity contribution in [3.8, 4) is 0 Å². The van der Waals surface area contributed by atoms with E-state index in [2.05, 4.69) is 28.1 Å². The Balaban J connectivity index is 1.49. The minimum atomic E-state index is -0.254. The molecule has 3 nitrogen and oxygen atoms in total. The van der Waals surface area contributed by atoms with E-state index in [1.165, 1.54) is 5.57 Å². The van der Waals surface area contributed by atoms with Gasteiger partial charge >= 0.3 is 6.09 Å². The fourth-order valence-corrected chi connectivity index (χ4v) is 2.72. The number of hydrogen-bond donors (Lipinski definition) is 0. The van der Waals surface area contributed by atoms with Gasteiger partial charge in [0, 0.05) is 17.6 Å². The van der Waals surface area contributed by atoms with E-state index in [9.17, 15) is 4.79 Å². The summed E-state index contributed by atoms with van der Waals surface area (Å²) in [5.74, 6) is 0. The van der Waals surface area contributed by atoms with Gasteiger partial charge in [0.1, 0.15) is 6.61 Å². The van der Waals surface area contributed by atoms with Crippen LogP contribution in [0.25, 0.3) is 6.08 Å². The van der Waals surface area contributed by atoms with E-state index in [1.807, 2.05) is 48.5 Å². The molecular weight excluding hydrogens is 342 g/mol. The average molecular weight is 358 g/mol. The molecule has 1 aliphatic rings. The molecule has 1 heterocycles. The number of ether oxygens (including phenoxy) is 1. The summed E-state index contributed by atoms with van der Waals surface area (Å²) in [5.41, 5.74) is 3.37. The molecule has 3 rings (SSSR count). The number of hydrogen-bond acceptors (Lipinski definition) is 2. The fourth-order valence-electron chi connectivity index (χ4n) is 2.31. The van der Waals surface area contributed by atoms with Crippen molar-refractivity contribution < 1.29 is 9.53 Å². The molecule has 4 heteroatoms. The predicted molar refractivity (Wildman–Crippen MR) is 90.3 cm³/mol. The Morgan fingerprint density at radius 2 is 1.91 bits per heavy atom. The van der Waals surface area contributed by atoms with E-state index in [1.54, 1.807) is 4.90 Å². The Kier molecular flexibility index (Phi) is 4.59. The molecule has 1 aliphatic heterocycles. The number of amides is 1. The van der Waals surface area contributed by atoms with Crippen molar-refractivity contribution in [2.45, 2.75) is 6.61 Å². The highest BCUT2D eigenvalue weighted by Crippen LogP contribution is 2.21. The van der Waals surface area contributed by atoms with Crippen LogP contribution in [0.1, 0.15) is 11.1 Å². The first-order valence-electron chi connectivity index (χ1n) is 7.11. The molecule has 2 aromatic carbocycles. The first-order chi connectivity index (χ1) is 10.7. The molecule has 0 aromatic heterocycles. The summed E-state index contributed by atoms with van der Waals surface area (Å²) < 4.78 is 6.36. The average Bonchev–Trinajstić information content (AvgIpc) is 2.49. The lowest BCUT2D eigenvalue weighted by Crippen LogP contribution is -2.44. The summed E-state index contributed by atoms with van der Waals surface area (Å²) in [7, 11) is 0. The van der Waals surface area contributed by atoms with Gasteiger partial charge in [-0.1, -0.05) is 64.5 Å². The number of likely N-dealkylation sites (tertiary alicyclic amines) is 1. The molecule has 0 saturated carbocycles. The summed E-state index contributed by atoms with van der Waals surface area (Å²) in [5, 5.41) is 0. The van der Waals surface area contributed by atoms with Crippen LogP contribution in [-0.2, 0) is 11.3 Å². The first kappa shape index (κ1) is 14.9. The van der Waals surface area contributed by atoms with E-state index in [-0.39, 0.29) is 6.09 Å². The molecule has 0 unspecified atom stereocenters. The lowest BCUT2D eigenvalue weighted by molar-refractivity contribution is 0.0907. The van der Waals surface area contributed by atoms with Crippen LogP contribution in [0.3, 0.4) is 0 Å². The number of rotatable bonds is 3. The second-order valence-corrected chi connectivity index (χ2v) is 6.17. The van der Waals surface area contributed by atoms with Gasteiger partial charge in [0.2, 0.25) is 0 Å². The Hall–Kier alpha value is -2.07. The van der Waals surface area contributed by atoms with Gasteiger partial charge in [0.25, 0.3) is 0 Å². The Morgan fingerprint density at radius 3 is 2.64 bits per heavy atom. The highest BCUT2D eigenvalue weighted by Gasteiger charge is 2.26. The number of carbonyl (C=O) groups excluding carboxylic acids is 1. The lowest BCUT2D eigenvalue weighted by Gasteiger charge is -2.33. The summed E-state index contributed by atoms with van der Waals surface area (Å²) in [6.07, 6.45) is 1.86. The van der Waals surface area contributed by atoms with Gasteiger partial charge in [-0.25, -0.2) is 4.79 Å². The highest BCUT2D eigenvalue weighted by atomic mass is 79.9. The van der Waals surface area contributed by atoms with Gasteiger partial charge in [0.15, 0.2) is 0 Å². The summed E-state index contributed by atoms with van der Waals surface area (Å²) >= 11 is 3.46. The van der Waals surface area contributed by atoms with Crippen LogP contribution in [0.4, 0.5) is 4.79 Å². The molecule has 0 bridgehead atoms. The van der Waals surface area contributed by atoms with Crippen LogP contribution in [0.15, 0.2) is 64.6 Å². The zero-order valence-corrected chi connectivity index (χ0v) is 13.6. The molecule has 2 aromatic rings. The monoisotopic (exact) mass is 357 g/mol. The van der Waals surface area contributed by atoms with Crippen LogP contribution in [0.2, 0.25) is 0 Å². The van der Waals surface area contributed by atoms with Crippen molar-refractivity contribution in [3.63, 3.8) is 0 Å². The Labute approximate surface area is 138 Å². The molecule has 0 atom stereocenters. The quantitative estimate of drug-likeness (QED) is 0.809. The third kappa shape index (κ3) is 3.77. The van der Waals surface area contributed by atoms with E-state index >= 15 is 0 Å². The molecule has 112 valence electrons. The van der Waals surface area contributed by atoms with Gasteiger partial charge in [-0.2, -0.15) is 0 Å². The van der Waals surface area contributed by atoms with Gasteiger partial charge in [-0.3, -0.25) is 0 Å². The van der Waals surface area contributed by atoms with E-state index < -0.39 is 0 Å². The Bertz CT molecular complexity index is 689. The van der Waals surface area contributed by atoms with E-state index in [0.29, 0.717) is 19.7 Å². The van der Waals surface area contributed by atoms with E-state index in [4.69, 9.17) is 4.74 Å². The maximum absolute atomic E-state index is 11.9. The van der Waals surface area contributed by atoms with Crippen LogP contribution >= 0.6 is 15.9 Å². The smallest absolute Gasteiger partial charge is 0.410 e. The third-order valence-electron chi connectivity index (χ3n) is 3.47. The standard InChI is InChI=1S/C18H16BrNO2/c19-17-8-4-7-15(10-17)9-16-11-20(12-16)18(21)22-13-14-5-2-1-3-6-14/h1-10H,11-13H2. The SMILES string of the molecule is O=C(OCc1ccccc1)N1CC(=Cc2cccc(Br)c2)C1. The second-order valence-electron chi connectivity index (χ2n) is 5.25. The van der Waals surface area contributed by atoms with Crippen LogP contribution in [0, 0.1) is 0 Å². The molecule has 1 saturated heterocycles. The van der Waals surface area contributed by atoms with Crippen LogP contribution < -0.4 is 0 Å². The minimum absolute atomic E-state index is 0.254. The maximum Gasteiger partial charge on any atom is 0.410 e. The van der Waals surface area contributed by atoms with E-state index in [0.717, 1.165) is 15.6 Å². The second kappa shape index (κ2) is 6.79. The fraction of sp³-hybridized carbons (Fsp3) is 0.167. The van der Waals surface area contributed by atoms with Crippen molar-refractivity contribution in [1.82, 2.24) is 4.90 Å². The molecule has 0 N–H and O–H groups in total. The number of carbonyl (C=O) groups is 1. The number of nitrogens with zero attached hydrogens (tertiary/aromatic N) is 1. The molecule has 0 radical (unpaired) electrons. The zero-order chi connectivity index (χ0) is 15.4. The Morgan fingerprint density at radius 1 is 1.14 bits per heavy atom.